The van der Waals surface area contributed by atoms with Crippen LogP contribution >= 0.6 is 0 Å². The molecule has 2 rings (SSSR count). The second kappa shape index (κ2) is 6.07. The van der Waals surface area contributed by atoms with Crippen LogP contribution in [0, 0.1) is 5.41 Å². The van der Waals surface area contributed by atoms with Crippen LogP contribution in [0.1, 0.15) is 50.6 Å². The van der Waals surface area contributed by atoms with Crippen LogP contribution in [-0.4, -0.2) is 17.0 Å². The fraction of sp³-hybridized carbons (Fsp3) is 0.500. The van der Waals surface area contributed by atoms with Gasteiger partial charge < -0.3 is 10.4 Å². The molecule has 2 N–H and O–H groups in total. The van der Waals surface area contributed by atoms with Gasteiger partial charge in [-0.05, 0) is 24.8 Å². The van der Waals surface area contributed by atoms with Gasteiger partial charge in [-0.3, -0.25) is 4.79 Å². The smallest absolute Gasteiger partial charge is 0.330 e. The zero-order chi connectivity index (χ0) is 14.6. The van der Waals surface area contributed by atoms with Crippen LogP contribution in [0.4, 0.5) is 0 Å². The van der Waals surface area contributed by atoms with E-state index in [0.717, 1.165) is 32.1 Å². The van der Waals surface area contributed by atoms with Gasteiger partial charge in [0.25, 0.3) is 0 Å². The van der Waals surface area contributed by atoms with Crippen molar-refractivity contribution in [1.82, 2.24) is 5.32 Å². The molecule has 0 bridgehead atoms. The molecule has 1 aliphatic carbocycles. The van der Waals surface area contributed by atoms with Crippen molar-refractivity contribution in [3.63, 3.8) is 0 Å². The number of carbonyl (C=O) groups excluding carboxylic acids is 1. The van der Waals surface area contributed by atoms with Gasteiger partial charge in [-0.2, -0.15) is 0 Å². The summed E-state index contributed by atoms with van der Waals surface area (Å²) in [5.41, 5.74) is 0.236. The average Bonchev–Trinajstić information content (AvgIpc) is 2.95. The van der Waals surface area contributed by atoms with E-state index in [-0.39, 0.29) is 11.3 Å². The monoisotopic (exact) mass is 275 g/mol. The number of hydrogen-bond donors (Lipinski definition) is 2. The number of carboxylic acid groups (broad SMARTS) is 1. The number of carbonyl (C=O) groups is 2. The lowest BCUT2D eigenvalue weighted by atomic mass is 9.82. The minimum absolute atomic E-state index is 0.117. The van der Waals surface area contributed by atoms with Gasteiger partial charge in [0.15, 0.2) is 6.04 Å². The van der Waals surface area contributed by atoms with E-state index in [0.29, 0.717) is 5.56 Å². The maximum absolute atomic E-state index is 12.5. The minimum atomic E-state index is -1.02. The summed E-state index contributed by atoms with van der Waals surface area (Å²) in [4.78, 5) is 23.9. The highest BCUT2D eigenvalue weighted by Crippen LogP contribution is 2.41. The van der Waals surface area contributed by atoms with Gasteiger partial charge in [0.05, 0.1) is 0 Å². The summed E-state index contributed by atoms with van der Waals surface area (Å²) in [5, 5.41) is 12.1. The van der Waals surface area contributed by atoms with E-state index in [1.807, 2.05) is 13.0 Å². The summed E-state index contributed by atoms with van der Waals surface area (Å²) in [6, 6.07) is 7.88. The van der Waals surface area contributed by atoms with Gasteiger partial charge in [0, 0.05) is 5.41 Å². The second-order valence-corrected chi connectivity index (χ2v) is 5.50. The Morgan fingerprint density at radius 1 is 1.25 bits per heavy atom. The molecular formula is C16H21NO3. The summed E-state index contributed by atoms with van der Waals surface area (Å²) in [6.07, 6.45) is 4.57. The first-order chi connectivity index (χ1) is 9.59. The molecule has 20 heavy (non-hydrogen) atoms. The van der Waals surface area contributed by atoms with Crippen molar-refractivity contribution in [2.24, 2.45) is 5.41 Å². The van der Waals surface area contributed by atoms with E-state index < -0.39 is 12.0 Å². The van der Waals surface area contributed by atoms with Crippen molar-refractivity contribution in [3.05, 3.63) is 35.9 Å². The maximum Gasteiger partial charge on any atom is 0.330 e. The third kappa shape index (κ3) is 2.84. The molecule has 1 aromatic carbocycles. The van der Waals surface area contributed by atoms with Crippen molar-refractivity contribution in [2.75, 3.05) is 0 Å². The Labute approximate surface area is 119 Å². The molecule has 0 spiro atoms. The number of benzene rings is 1. The van der Waals surface area contributed by atoms with E-state index in [4.69, 9.17) is 0 Å². The molecule has 1 amide bonds. The van der Waals surface area contributed by atoms with Gasteiger partial charge in [0.1, 0.15) is 0 Å². The number of aliphatic carboxylic acids is 1. The van der Waals surface area contributed by atoms with Crippen LogP contribution < -0.4 is 5.32 Å². The Hall–Kier alpha value is -1.84. The fourth-order valence-corrected chi connectivity index (χ4v) is 3.01. The molecule has 0 heterocycles. The van der Waals surface area contributed by atoms with Crippen LogP contribution in [0.25, 0.3) is 0 Å². The van der Waals surface area contributed by atoms with E-state index in [1.54, 1.807) is 24.3 Å². The van der Waals surface area contributed by atoms with Gasteiger partial charge >= 0.3 is 5.97 Å². The zero-order valence-corrected chi connectivity index (χ0v) is 11.8. The Morgan fingerprint density at radius 2 is 1.85 bits per heavy atom. The molecule has 1 saturated carbocycles. The Bertz CT molecular complexity index is 478. The number of carboxylic acids is 1. The molecule has 4 nitrogen and oxygen atoms in total. The molecule has 0 aromatic heterocycles. The number of nitrogens with one attached hydrogen (secondary N) is 1. The molecule has 108 valence electrons. The molecule has 0 saturated heterocycles. The highest BCUT2D eigenvalue weighted by Gasteiger charge is 2.40. The predicted octanol–water partition coefficient (Wildman–Crippen LogP) is 2.90. The lowest BCUT2D eigenvalue weighted by Gasteiger charge is -2.28. The number of amides is 1. The molecule has 1 aromatic rings. The lowest BCUT2D eigenvalue weighted by molar-refractivity contribution is -0.144. The zero-order valence-electron chi connectivity index (χ0n) is 11.8. The van der Waals surface area contributed by atoms with Gasteiger partial charge in [-0.15, -0.1) is 0 Å². The number of hydrogen-bond acceptors (Lipinski definition) is 2. The quantitative estimate of drug-likeness (QED) is 0.868. The molecule has 4 heteroatoms. The third-order valence-corrected chi connectivity index (χ3v) is 4.37. The fourth-order valence-electron chi connectivity index (χ4n) is 3.01. The summed E-state index contributed by atoms with van der Waals surface area (Å²) >= 11 is 0. The molecule has 0 aliphatic heterocycles. The largest absolute Gasteiger partial charge is 0.479 e. The van der Waals surface area contributed by atoms with E-state index in [1.165, 1.54) is 0 Å². The van der Waals surface area contributed by atoms with Crippen molar-refractivity contribution in [1.29, 1.82) is 0 Å². The Kier molecular flexibility index (Phi) is 4.42. The van der Waals surface area contributed by atoms with Crippen LogP contribution in [0.5, 0.6) is 0 Å². The molecule has 0 radical (unpaired) electrons. The molecule has 1 atom stereocenters. The van der Waals surface area contributed by atoms with Gasteiger partial charge in [0.2, 0.25) is 5.91 Å². The minimum Gasteiger partial charge on any atom is -0.479 e. The highest BCUT2D eigenvalue weighted by atomic mass is 16.4. The standard InChI is InChI=1S/C16H21NO3/c1-2-16(10-6-7-11-16)15(20)17-13(14(18)19)12-8-4-3-5-9-12/h3-5,8-9,13H,2,6-7,10-11H2,1H3,(H,17,20)(H,18,19)/t13-/m1/s1. The van der Waals surface area contributed by atoms with E-state index >= 15 is 0 Å². The summed E-state index contributed by atoms with van der Waals surface area (Å²) < 4.78 is 0. The van der Waals surface area contributed by atoms with Crippen molar-refractivity contribution >= 4 is 11.9 Å². The first-order valence-corrected chi connectivity index (χ1v) is 7.18. The molecule has 0 unspecified atom stereocenters. The average molecular weight is 275 g/mol. The highest BCUT2D eigenvalue weighted by molar-refractivity contribution is 5.88. The van der Waals surface area contributed by atoms with Crippen LogP contribution in [0.2, 0.25) is 0 Å². The Morgan fingerprint density at radius 3 is 2.35 bits per heavy atom. The van der Waals surface area contributed by atoms with Crippen LogP contribution in [-0.2, 0) is 9.59 Å². The van der Waals surface area contributed by atoms with Crippen molar-refractivity contribution < 1.29 is 14.7 Å². The SMILES string of the molecule is CCC1(C(=O)N[C@@H](C(=O)O)c2ccccc2)CCCC1. The summed E-state index contributed by atoms with van der Waals surface area (Å²) in [7, 11) is 0. The topological polar surface area (TPSA) is 66.4 Å². The summed E-state index contributed by atoms with van der Waals surface area (Å²) in [6.45, 7) is 2.00. The summed E-state index contributed by atoms with van der Waals surface area (Å²) in [5.74, 6) is -1.14. The van der Waals surface area contributed by atoms with Crippen LogP contribution in [0.15, 0.2) is 30.3 Å². The second-order valence-electron chi connectivity index (χ2n) is 5.50. The first-order valence-electron chi connectivity index (χ1n) is 7.18. The van der Waals surface area contributed by atoms with Gasteiger partial charge in [-0.25, -0.2) is 4.79 Å². The maximum atomic E-state index is 12.5. The number of rotatable bonds is 5. The van der Waals surface area contributed by atoms with E-state index in [9.17, 15) is 14.7 Å². The molecule has 1 fully saturated rings. The normalized spacial score (nSPS) is 18.4. The third-order valence-electron chi connectivity index (χ3n) is 4.37. The Balaban J connectivity index is 2.17. The predicted molar refractivity (Wildman–Crippen MR) is 76.2 cm³/mol. The van der Waals surface area contributed by atoms with E-state index in [2.05, 4.69) is 5.32 Å². The molecule has 1 aliphatic rings. The van der Waals surface area contributed by atoms with Crippen LogP contribution in [0.3, 0.4) is 0 Å². The van der Waals surface area contributed by atoms with Crippen molar-refractivity contribution in [3.8, 4) is 0 Å². The van der Waals surface area contributed by atoms with Crippen molar-refractivity contribution in [2.45, 2.75) is 45.1 Å². The molecular weight excluding hydrogens is 254 g/mol. The first kappa shape index (κ1) is 14.6. The lowest BCUT2D eigenvalue weighted by Crippen LogP contribution is -2.43. The van der Waals surface area contributed by atoms with Gasteiger partial charge in [-0.1, -0.05) is 50.1 Å².